The van der Waals surface area contributed by atoms with Gasteiger partial charge in [0.2, 0.25) is 0 Å². The Morgan fingerprint density at radius 3 is 2.73 bits per heavy atom. The maximum Gasteiger partial charge on any atom is 0.313 e. The summed E-state index contributed by atoms with van der Waals surface area (Å²) in [6.07, 6.45) is 4.55. The van der Waals surface area contributed by atoms with Crippen LogP contribution >= 0.6 is 0 Å². The fraction of sp³-hybridized carbons (Fsp3) is 0.333. The molecule has 0 unspecified atom stereocenters. The third kappa shape index (κ3) is 2.69. The standard InChI is InChI=1S/C15H17N5O2/c16-15(19-8-4-1-5-9-19)18-14-11-6-2-3-7-12(11)17-10-13(14)20(21)22/h2-3,6-7,10H,1,4-5,8-9H2,(H2,16,17,18). The lowest BCUT2D eigenvalue weighted by atomic mass is 10.1. The Kier molecular flexibility index (Phi) is 3.86. The number of fused-ring (bicyclic) bond motifs is 1. The van der Waals surface area contributed by atoms with E-state index < -0.39 is 4.92 Å². The van der Waals surface area contributed by atoms with Gasteiger partial charge in [-0.05, 0) is 25.3 Å². The molecular formula is C15H17N5O2. The molecule has 114 valence electrons. The molecular weight excluding hydrogens is 282 g/mol. The normalized spacial score (nSPS) is 16.0. The molecule has 1 fully saturated rings. The highest BCUT2D eigenvalue weighted by molar-refractivity contribution is 5.97. The molecule has 22 heavy (non-hydrogen) atoms. The SMILES string of the molecule is NC(=Nc1c([N+](=O)[O-])cnc2ccccc12)N1CCCCC1. The number of likely N-dealkylation sites (tertiary alicyclic amines) is 1. The molecule has 1 aromatic heterocycles. The Balaban J connectivity index is 2.11. The second kappa shape index (κ2) is 5.97. The minimum absolute atomic E-state index is 0.126. The molecule has 0 atom stereocenters. The van der Waals surface area contributed by atoms with E-state index >= 15 is 0 Å². The monoisotopic (exact) mass is 299 g/mol. The van der Waals surface area contributed by atoms with Gasteiger partial charge in [0.1, 0.15) is 6.20 Å². The van der Waals surface area contributed by atoms with Crippen LogP contribution in [0.1, 0.15) is 19.3 Å². The molecule has 1 aliphatic heterocycles. The van der Waals surface area contributed by atoms with Crippen LogP contribution in [0.3, 0.4) is 0 Å². The van der Waals surface area contributed by atoms with Crippen LogP contribution in [0.25, 0.3) is 10.9 Å². The summed E-state index contributed by atoms with van der Waals surface area (Å²) in [6, 6.07) is 7.22. The first-order chi connectivity index (χ1) is 10.7. The number of hydrogen-bond acceptors (Lipinski definition) is 4. The van der Waals surface area contributed by atoms with Crippen LogP contribution in [-0.2, 0) is 0 Å². The van der Waals surface area contributed by atoms with Gasteiger partial charge in [-0.15, -0.1) is 0 Å². The molecule has 3 rings (SSSR count). The molecule has 0 spiro atoms. The van der Waals surface area contributed by atoms with Crippen molar-refractivity contribution in [2.24, 2.45) is 10.7 Å². The van der Waals surface area contributed by atoms with E-state index in [1.54, 1.807) is 12.1 Å². The van der Waals surface area contributed by atoms with Crippen molar-refractivity contribution in [1.82, 2.24) is 9.88 Å². The first-order valence-electron chi connectivity index (χ1n) is 7.28. The van der Waals surface area contributed by atoms with E-state index in [0.717, 1.165) is 25.9 Å². The van der Waals surface area contributed by atoms with Gasteiger partial charge in [-0.2, -0.15) is 0 Å². The Labute approximate surface area is 127 Å². The number of rotatable bonds is 2. The summed E-state index contributed by atoms with van der Waals surface area (Å²) in [7, 11) is 0. The van der Waals surface area contributed by atoms with Crippen molar-refractivity contribution in [3.8, 4) is 0 Å². The molecule has 0 bridgehead atoms. The largest absolute Gasteiger partial charge is 0.369 e. The maximum absolute atomic E-state index is 11.3. The fourth-order valence-corrected chi connectivity index (χ4v) is 2.68. The second-order valence-electron chi connectivity index (χ2n) is 5.28. The van der Waals surface area contributed by atoms with Crippen LogP contribution in [0, 0.1) is 10.1 Å². The molecule has 0 aliphatic carbocycles. The van der Waals surface area contributed by atoms with Crippen molar-refractivity contribution in [2.75, 3.05) is 13.1 Å². The van der Waals surface area contributed by atoms with Crippen molar-refractivity contribution in [3.63, 3.8) is 0 Å². The lowest BCUT2D eigenvalue weighted by Gasteiger charge is -2.27. The number of nitrogens with two attached hydrogens (primary N) is 1. The Bertz CT molecular complexity index is 738. The van der Waals surface area contributed by atoms with Crippen LogP contribution in [0.4, 0.5) is 11.4 Å². The minimum Gasteiger partial charge on any atom is -0.369 e. The van der Waals surface area contributed by atoms with Gasteiger partial charge in [0.15, 0.2) is 11.6 Å². The highest BCUT2D eigenvalue weighted by atomic mass is 16.6. The molecule has 1 aromatic carbocycles. The number of aromatic nitrogens is 1. The smallest absolute Gasteiger partial charge is 0.313 e. The highest BCUT2D eigenvalue weighted by Crippen LogP contribution is 2.34. The molecule has 7 heteroatoms. The van der Waals surface area contributed by atoms with E-state index in [1.807, 2.05) is 17.0 Å². The van der Waals surface area contributed by atoms with E-state index in [-0.39, 0.29) is 11.4 Å². The predicted octanol–water partition coefficient (Wildman–Crippen LogP) is 2.58. The van der Waals surface area contributed by atoms with E-state index in [1.165, 1.54) is 12.6 Å². The summed E-state index contributed by atoms with van der Waals surface area (Å²) in [4.78, 5) is 21.3. The zero-order chi connectivity index (χ0) is 15.5. The Morgan fingerprint density at radius 2 is 2.00 bits per heavy atom. The molecule has 0 radical (unpaired) electrons. The Hall–Kier alpha value is -2.70. The number of hydrogen-bond donors (Lipinski definition) is 1. The van der Waals surface area contributed by atoms with Gasteiger partial charge in [-0.3, -0.25) is 10.1 Å². The average molecular weight is 299 g/mol. The average Bonchev–Trinajstić information content (AvgIpc) is 2.55. The fourth-order valence-electron chi connectivity index (χ4n) is 2.68. The molecule has 2 aromatic rings. The summed E-state index contributed by atoms with van der Waals surface area (Å²) >= 11 is 0. The van der Waals surface area contributed by atoms with Crippen molar-refractivity contribution in [1.29, 1.82) is 0 Å². The maximum atomic E-state index is 11.3. The van der Waals surface area contributed by atoms with Gasteiger partial charge < -0.3 is 10.6 Å². The van der Waals surface area contributed by atoms with E-state index in [0.29, 0.717) is 16.9 Å². The molecule has 2 N–H and O–H groups in total. The molecule has 1 saturated heterocycles. The summed E-state index contributed by atoms with van der Waals surface area (Å²) in [5, 5.41) is 11.9. The molecule has 7 nitrogen and oxygen atoms in total. The lowest BCUT2D eigenvalue weighted by molar-refractivity contribution is -0.384. The van der Waals surface area contributed by atoms with Crippen molar-refractivity contribution in [3.05, 3.63) is 40.6 Å². The molecule has 0 amide bonds. The Morgan fingerprint density at radius 1 is 1.27 bits per heavy atom. The van der Waals surface area contributed by atoms with Crippen LogP contribution in [-0.4, -0.2) is 33.9 Å². The van der Waals surface area contributed by atoms with E-state index in [9.17, 15) is 10.1 Å². The zero-order valence-electron chi connectivity index (χ0n) is 12.1. The van der Waals surface area contributed by atoms with E-state index in [4.69, 9.17) is 5.73 Å². The van der Waals surface area contributed by atoms with Crippen LogP contribution in [0.5, 0.6) is 0 Å². The summed E-state index contributed by atoms with van der Waals surface area (Å²) in [5.74, 6) is 0.333. The van der Waals surface area contributed by atoms with Gasteiger partial charge in [-0.25, -0.2) is 9.98 Å². The molecule has 0 saturated carbocycles. The highest BCUT2D eigenvalue weighted by Gasteiger charge is 2.20. The third-order valence-corrected chi connectivity index (χ3v) is 3.83. The quantitative estimate of drug-likeness (QED) is 0.398. The van der Waals surface area contributed by atoms with Crippen molar-refractivity contribution < 1.29 is 4.92 Å². The van der Waals surface area contributed by atoms with Crippen LogP contribution in [0.2, 0.25) is 0 Å². The number of benzene rings is 1. The first-order valence-corrected chi connectivity index (χ1v) is 7.28. The van der Waals surface area contributed by atoms with Gasteiger partial charge in [-0.1, -0.05) is 18.2 Å². The summed E-state index contributed by atoms with van der Waals surface area (Å²) in [5.41, 5.74) is 6.89. The number of nitro groups is 1. The number of guanidine groups is 1. The zero-order valence-corrected chi connectivity index (χ0v) is 12.1. The second-order valence-corrected chi connectivity index (χ2v) is 5.28. The number of piperidine rings is 1. The minimum atomic E-state index is -0.470. The number of aliphatic imine (C=N–C) groups is 1. The van der Waals surface area contributed by atoms with Crippen LogP contribution < -0.4 is 5.73 Å². The third-order valence-electron chi connectivity index (χ3n) is 3.83. The van der Waals surface area contributed by atoms with Gasteiger partial charge >= 0.3 is 5.69 Å². The van der Waals surface area contributed by atoms with Gasteiger partial charge in [0, 0.05) is 18.5 Å². The van der Waals surface area contributed by atoms with Gasteiger partial charge in [0.25, 0.3) is 0 Å². The van der Waals surface area contributed by atoms with Gasteiger partial charge in [0.05, 0.1) is 10.4 Å². The summed E-state index contributed by atoms with van der Waals surface area (Å²) in [6.45, 7) is 1.68. The van der Waals surface area contributed by atoms with E-state index in [2.05, 4.69) is 9.98 Å². The molecule has 2 heterocycles. The van der Waals surface area contributed by atoms with Crippen molar-refractivity contribution in [2.45, 2.75) is 19.3 Å². The summed E-state index contributed by atoms with van der Waals surface area (Å²) < 4.78 is 0. The lowest BCUT2D eigenvalue weighted by Crippen LogP contribution is -2.40. The number of pyridine rings is 1. The predicted molar refractivity (Wildman–Crippen MR) is 85.1 cm³/mol. The molecule has 1 aliphatic rings. The number of para-hydroxylation sites is 1. The topological polar surface area (TPSA) is 97.6 Å². The van der Waals surface area contributed by atoms with Crippen LogP contribution in [0.15, 0.2) is 35.5 Å². The number of nitrogens with zero attached hydrogens (tertiary/aromatic N) is 4. The van der Waals surface area contributed by atoms with Crippen molar-refractivity contribution >= 4 is 28.2 Å². The first kappa shape index (κ1) is 14.2.